The third-order valence-corrected chi connectivity index (χ3v) is 6.73. The number of H-pyrrole nitrogens is 1. The molecule has 0 radical (unpaired) electrons. The van der Waals surface area contributed by atoms with Gasteiger partial charge < -0.3 is 15.0 Å². The predicted molar refractivity (Wildman–Crippen MR) is 137 cm³/mol. The average Bonchev–Trinajstić information content (AvgIpc) is 3.45. The van der Waals surface area contributed by atoms with E-state index in [0.717, 1.165) is 27.6 Å². The molecule has 2 heterocycles. The summed E-state index contributed by atoms with van der Waals surface area (Å²) in [5, 5.41) is 4.65. The Morgan fingerprint density at radius 3 is 2.49 bits per heavy atom. The summed E-state index contributed by atoms with van der Waals surface area (Å²) in [4.78, 5) is 31.4. The van der Waals surface area contributed by atoms with Crippen molar-refractivity contribution in [3.63, 3.8) is 0 Å². The van der Waals surface area contributed by atoms with Gasteiger partial charge in [0.25, 0.3) is 5.91 Å². The Morgan fingerprint density at radius 2 is 1.77 bits per heavy atom. The Balaban J connectivity index is 1.42. The Bertz CT molecular complexity index is 1350. The van der Waals surface area contributed by atoms with Gasteiger partial charge in [-0.15, -0.1) is 0 Å². The number of esters is 1. The molecule has 7 heteroatoms. The maximum Gasteiger partial charge on any atom is 0.323 e. The number of benzene rings is 3. The minimum atomic E-state index is -0.416. The minimum Gasteiger partial charge on any atom is -0.468 e. The summed E-state index contributed by atoms with van der Waals surface area (Å²) in [6, 6.07) is 24.7. The summed E-state index contributed by atoms with van der Waals surface area (Å²) in [5.41, 5.74) is 4.15. The molecule has 3 aromatic carbocycles. The Morgan fingerprint density at radius 1 is 1.06 bits per heavy atom. The van der Waals surface area contributed by atoms with Crippen LogP contribution in [-0.2, 0) is 16.1 Å². The number of carbonyl (C=O) groups excluding carboxylic acids is 2. The van der Waals surface area contributed by atoms with Gasteiger partial charge in [0.15, 0.2) is 0 Å². The lowest BCUT2D eigenvalue weighted by molar-refractivity contribution is -0.146. The van der Waals surface area contributed by atoms with Gasteiger partial charge in [0, 0.05) is 40.6 Å². The van der Waals surface area contributed by atoms with E-state index in [-0.39, 0.29) is 17.9 Å². The first kappa shape index (κ1) is 23.1. The van der Waals surface area contributed by atoms with E-state index in [1.165, 1.54) is 7.11 Å². The topological polar surface area (TPSA) is 74.4 Å². The zero-order chi connectivity index (χ0) is 24.4. The molecule has 0 saturated carbocycles. The van der Waals surface area contributed by atoms with E-state index in [4.69, 9.17) is 16.3 Å². The number of aromatic nitrogens is 1. The number of nitrogens with zero attached hydrogens (tertiary/aromatic N) is 1. The van der Waals surface area contributed by atoms with Gasteiger partial charge in [-0.05, 0) is 35.7 Å². The van der Waals surface area contributed by atoms with E-state index in [0.29, 0.717) is 30.2 Å². The van der Waals surface area contributed by atoms with Crippen molar-refractivity contribution in [1.29, 1.82) is 0 Å². The highest BCUT2D eigenvalue weighted by Gasteiger charge is 2.38. The van der Waals surface area contributed by atoms with Gasteiger partial charge in [-0.2, -0.15) is 0 Å². The first-order valence-electron chi connectivity index (χ1n) is 11.6. The number of aromatic amines is 1. The number of rotatable bonds is 6. The van der Waals surface area contributed by atoms with Crippen molar-refractivity contribution in [3.05, 3.63) is 95.1 Å². The molecule has 1 fully saturated rings. The number of ether oxygens (including phenoxy) is 1. The normalized spacial score (nSPS) is 18.0. The lowest BCUT2D eigenvalue weighted by atomic mass is 10.0. The number of likely N-dealkylation sites (tertiary alicyclic amines) is 1. The molecule has 1 aliphatic rings. The highest BCUT2D eigenvalue weighted by Crippen LogP contribution is 2.34. The molecule has 0 unspecified atom stereocenters. The van der Waals surface area contributed by atoms with Crippen LogP contribution in [0.3, 0.4) is 0 Å². The van der Waals surface area contributed by atoms with Crippen molar-refractivity contribution >= 4 is 34.4 Å². The summed E-state index contributed by atoms with van der Waals surface area (Å²) in [7, 11) is 1.40. The third kappa shape index (κ3) is 4.81. The zero-order valence-electron chi connectivity index (χ0n) is 19.3. The maximum absolute atomic E-state index is 13.6. The number of carbonyl (C=O) groups is 2. The summed E-state index contributed by atoms with van der Waals surface area (Å²) < 4.78 is 5.06. The third-order valence-electron chi connectivity index (χ3n) is 6.49. The van der Waals surface area contributed by atoms with Crippen molar-refractivity contribution in [2.24, 2.45) is 0 Å². The van der Waals surface area contributed by atoms with E-state index in [1.807, 2.05) is 72.8 Å². The summed E-state index contributed by atoms with van der Waals surface area (Å²) in [5.74, 6) is -0.505. The molecule has 1 aromatic heterocycles. The average molecular weight is 488 g/mol. The van der Waals surface area contributed by atoms with Crippen LogP contribution in [0.1, 0.15) is 22.5 Å². The van der Waals surface area contributed by atoms with Gasteiger partial charge in [-0.25, -0.2) is 0 Å². The fourth-order valence-corrected chi connectivity index (χ4v) is 5.05. The number of fused-ring (bicyclic) bond motifs is 1. The van der Waals surface area contributed by atoms with Crippen LogP contribution in [-0.4, -0.2) is 47.5 Å². The van der Waals surface area contributed by atoms with Gasteiger partial charge >= 0.3 is 5.97 Å². The molecule has 1 aliphatic heterocycles. The molecule has 1 saturated heterocycles. The highest BCUT2D eigenvalue weighted by atomic mass is 35.5. The van der Waals surface area contributed by atoms with Gasteiger partial charge in [0.1, 0.15) is 11.7 Å². The number of methoxy groups -OCH3 is 1. The van der Waals surface area contributed by atoms with Gasteiger partial charge in [0.2, 0.25) is 0 Å². The predicted octanol–water partition coefficient (Wildman–Crippen LogP) is 5.03. The van der Waals surface area contributed by atoms with Gasteiger partial charge in [0.05, 0.1) is 7.11 Å². The summed E-state index contributed by atoms with van der Waals surface area (Å²) in [6.07, 6.45) is 0.484. The molecule has 35 heavy (non-hydrogen) atoms. The molecule has 6 nitrogen and oxygen atoms in total. The van der Waals surface area contributed by atoms with Crippen LogP contribution in [0.2, 0.25) is 5.02 Å². The molecular formula is C28H26ClN3O3. The van der Waals surface area contributed by atoms with Crippen molar-refractivity contribution in [1.82, 2.24) is 15.2 Å². The van der Waals surface area contributed by atoms with Crippen LogP contribution >= 0.6 is 11.6 Å². The Hall–Kier alpha value is -3.61. The van der Waals surface area contributed by atoms with E-state index in [1.54, 1.807) is 6.07 Å². The van der Waals surface area contributed by atoms with Crippen LogP contribution in [0.5, 0.6) is 0 Å². The van der Waals surface area contributed by atoms with Crippen LogP contribution < -0.4 is 5.32 Å². The fraction of sp³-hybridized carbons (Fsp3) is 0.214. The molecule has 4 aromatic rings. The smallest absolute Gasteiger partial charge is 0.323 e. The van der Waals surface area contributed by atoms with E-state index >= 15 is 0 Å². The monoisotopic (exact) mass is 487 g/mol. The second-order valence-corrected chi connectivity index (χ2v) is 9.23. The van der Waals surface area contributed by atoms with Crippen LogP contribution in [0.15, 0.2) is 78.9 Å². The second-order valence-electron chi connectivity index (χ2n) is 8.79. The summed E-state index contributed by atoms with van der Waals surface area (Å²) in [6.45, 7) is 1.15. The van der Waals surface area contributed by atoms with E-state index in [9.17, 15) is 9.59 Å². The van der Waals surface area contributed by atoms with Crippen molar-refractivity contribution in [2.75, 3.05) is 13.7 Å². The standard InChI is InChI=1S/C28H26ClN3O3/c1-35-28(34)24-15-21(17-32(24)16-18-8-4-2-5-9-18)30-27(33)26-25(19-10-6-3-7-11-19)22-14-20(29)12-13-23(22)31-26/h2-14,21,24,31H,15-17H2,1H3,(H,30,33)/t21-,24-/m0/s1. The maximum atomic E-state index is 13.6. The van der Waals surface area contributed by atoms with E-state index in [2.05, 4.69) is 15.2 Å². The molecule has 2 atom stereocenters. The molecule has 0 bridgehead atoms. The van der Waals surface area contributed by atoms with E-state index < -0.39 is 6.04 Å². The van der Waals surface area contributed by atoms with Crippen LogP contribution in [0.4, 0.5) is 0 Å². The number of amides is 1. The van der Waals surface area contributed by atoms with Crippen molar-refractivity contribution in [2.45, 2.75) is 25.0 Å². The first-order chi connectivity index (χ1) is 17.0. The van der Waals surface area contributed by atoms with Crippen molar-refractivity contribution < 1.29 is 14.3 Å². The molecule has 0 spiro atoms. The second kappa shape index (κ2) is 9.94. The number of nitrogens with one attached hydrogen (secondary N) is 2. The number of hydrogen-bond donors (Lipinski definition) is 2. The van der Waals surface area contributed by atoms with Gasteiger partial charge in [-0.1, -0.05) is 72.3 Å². The molecule has 178 valence electrons. The zero-order valence-corrected chi connectivity index (χ0v) is 20.1. The molecule has 2 N–H and O–H groups in total. The molecule has 5 rings (SSSR count). The highest BCUT2D eigenvalue weighted by molar-refractivity contribution is 6.31. The lowest BCUT2D eigenvalue weighted by Crippen LogP contribution is -2.38. The molecule has 1 amide bonds. The quantitative estimate of drug-likeness (QED) is 0.374. The lowest BCUT2D eigenvalue weighted by Gasteiger charge is -2.22. The molecular weight excluding hydrogens is 462 g/mol. The number of hydrogen-bond acceptors (Lipinski definition) is 4. The SMILES string of the molecule is COC(=O)[C@@H]1C[C@H](NC(=O)c2[nH]c3ccc(Cl)cc3c2-c2ccccc2)CN1Cc1ccccc1. The van der Waals surface area contributed by atoms with Gasteiger partial charge in [-0.3, -0.25) is 14.5 Å². The van der Waals surface area contributed by atoms with Crippen molar-refractivity contribution in [3.8, 4) is 11.1 Å². The molecule has 0 aliphatic carbocycles. The fourth-order valence-electron chi connectivity index (χ4n) is 4.88. The van der Waals surface area contributed by atoms with Crippen LogP contribution in [0.25, 0.3) is 22.0 Å². The summed E-state index contributed by atoms with van der Waals surface area (Å²) >= 11 is 6.28. The minimum absolute atomic E-state index is 0.200. The first-order valence-corrected chi connectivity index (χ1v) is 11.9. The largest absolute Gasteiger partial charge is 0.468 e. The number of halogens is 1. The van der Waals surface area contributed by atoms with Crippen LogP contribution in [0, 0.1) is 0 Å². The Labute approximate surface area is 208 Å². The Kier molecular flexibility index (Phi) is 6.57.